The first-order valence-electron chi connectivity index (χ1n) is 31.0. The third-order valence-electron chi connectivity index (χ3n) is 18.3. The van der Waals surface area contributed by atoms with Crippen molar-refractivity contribution in [2.75, 3.05) is 0 Å². The lowest BCUT2D eigenvalue weighted by Crippen LogP contribution is -2.12. The molecule has 0 fully saturated rings. The molecule has 16 heteroatoms. The molecular formula is C82H50F9N7. The lowest BCUT2D eigenvalue weighted by Gasteiger charge is -2.22. The zero-order valence-electron chi connectivity index (χ0n) is 52.5. The summed E-state index contributed by atoms with van der Waals surface area (Å²) in [5.41, 5.74) is 8.52. The van der Waals surface area contributed by atoms with E-state index in [1.54, 1.807) is 16.7 Å². The zero-order valence-corrected chi connectivity index (χ0v) is 52.5. The Bertz CT molecular complexity index is 6190. The molecule has 0 saturated heterocycles. The topological polar surface area (TPSA) is 52.2 Å². The van der Waals surface area contributed by atoms with Gasteiger partial charge in [0.15, 0.2) is 11.4 Å². The summed E-state index contributed by atoms with van der Waals surface area (Å²) < 4.78 is 138. The van der Waals surface area contributed by atoms with Gasteiger partial charge in [0.25, 0.3) is 0 Å². The Balaban J connectivity index is 0.000000160. The molecule has 0 N–H and O–H groups in total. The molecule has 4 heterocycles. The Morgan fingerprint density at radius 1 is 0.316 bits per heavy atom. The summed E-state index contributed by atoms with van der Waals surface area (Å²) in [6.45, 7) is 23.0. The molecule has 0 aliphatic heterocycles. The number of fused-ring (bicyclic) bond motifs is 12. The van der Waals surface area contributed by atoms with Gasteiger partial charge >= 0.3 is 18.5 Å². The summed E-state index contributed by atoms with van der Waals surface area (Å²) in [6, 6.07) is 69.1. The van der Waals surface area contributed by atoms with Gasteiger partial charge in [0.05, 0.1) is 97.2 Å². The number of benzene rings is 12. The van der Waals surface area contributed by atoms with Crippen molar-refractivity contribution in [3.05, 3.63) is 298 Å². The number of alkyl halides is 9. The highest BCUT2D eigenvalue weighted by Gasteiger charge is 2.38. The van der Waals surface area contributed by atoms with Crippen molar-refractivity contribution >= 4 is 98.6 Å². The molecule has 16 rings (SSSR count). The van der Waals surface area contributed by atoms with Crippen LogP contribution in [0.4, 0.5) is 50.9 Å². The minimum atomic E-state index is -4.97. The Labute approximate surface area is 554 Å². The van der Waals surface area contributed by atoms with Crippen molar-refractivity contribution in [2.45, 2.75) is 46.2 Å². The number of halogens is 9. The maximum Gasteiger partial charge on any atom is 0.417 e. The van der Waals surface area contributed by atoms with Gasteiger partial charge in [-0.05, 0) is 178 Å². The van der Waals surface area contributed by atoms with Gasteiger partial charge < -0.3 is 18.3 Å². The highest BCUT2D eigenvalue weighted by molar-refractivity contribution is 6.14. The summed E-state index contributed by atoms with van der Waals surface area (Å²) in [5.74, 6) is 0. The normalized spacial score (nSPS) is 12.1. The number of nitriles is 1. The number of para-hydroxylation sites is 4. The summed E-state index contributed by atoms with van der Waals surface area (Å²) in [7, 11) is 0. The molecule has 0 aliphatic carbocycles. The molecule has 0 aliphatic rings. The minimum absolute atomic E-state index is 0.148. The van der Waals surface area contributed by atoms with Gasteiger partial charge in [0.2, 0.25) is 0 Å². The van der Waals surface area contributed by atoms with Crippen LogP contribution in [0, 0.1) is 52.2 Å². The molecule has 0 bridgehead atoms. The van der Waals surface area contributed by atoms with Crippen LogP contribution in [0.2, 0.25) is 0 Å². The van der Waals surface area contributed by atoms with Gasteiger partial charge in [-0.2, -0.15) is 44.8 Å². The van der Waals surface area contributed by atoms with Crippen LogP contribution >= 0.6 is 0 Å². The molecule has 476 valence electrons. The van der Waals surface area contributed by atoms with E-state index in [4.69, 9.17) is 13.1 Å². The zero-order chi connectivity index (χ0) is 68.4. The van der Waals surface area contributed by atoms with E-state index in [1.807, 2.05) is 160 Å². The maximum atomic E-state index is 15.3. The Hall–Kier alpha value is -12.3. The molecule has 4 aromatic heterocycles. The molecule has 16 aromatic rings. The molecule has 0 spiro atoms. The second-order valence-corrected chi connectivity index (χ2v) is 24.6. The fourth-order valence-electron chi connectivity index (χ4n) is 14.0. The molecule has 0 radical (unpaired) electrons. The second kappa shape index (κ2) is 23.0. The smallest absolute Gasteiger partial charge is 0.307 e. The van der Waals surface area contributed by atoms with Crippen molar-refractivity contribution in [2.24, 2.45) is 0 Å². The minimum Gasteiger partial charge on any atom is -0.307 e. The standard InChI is InChI=1S/C41H25F6N3.C41H25F3N4/c1-23-12-14-36-31(16-23)28-8-4-6-10-34(28)49(36)38-21-30(25-18-26(40(42,43)44)20-27(19-25)48-3)33(41(45,46)47)22-39(38)50-35-11-7-5-9-29(35)32-17-24(2)13-15-37(32)50;1-24-12-14-37-33(16-24)30-8-4-6-10-35(30)47(37)39-20-27(23-45)32(26-18-28(41(42,43)44)21-29(19-26)46-3)22-40(39)48-36-11-7-5-9-31(36)34-17-25(2)13-15-38(34)48/h4-22H,1-2H3;4-22H,1-2H3. The van der Waals surface area contributed by atoms with Crippen molar-refractivity contribution in [1.82, 2.24) is 18.3 Å². The first kappa shape index (κ1) is 61.8. The summed E-state index contributed by atoms with van der Waals surface area (Å²) in [5, 5.41) is 18.2. The van der Waals surface area contributed by atoms with Gasteiger partial charge in [-0.15, -0.1) is 0 Å². The molecule has 7 nitrogen and oxygen atoms in total. The third kappa shape index (κ3) is 10.3. The molecular weight excluding hydrogens is 1250 g/mol. The van der Waals surface area contributed by atoms with Crippen LogP contribution in [-0.2, 0) is 18.5 Å². The van der Waals surface area contributed by atoms with Crippen LogP contribution in [0.5, 0.6) is 0 Å². The average molecular weight is 1300 g/mol. The van der Waals surface area contributed by atoms with Gasteiger partial charge in [-0.1, -0.05) is 119 Å². The number of nitrogens with zero attached hydrogens (tertiary/aromatic N) is 7. The van der Waals surface area contributed by atoms with Gasteiger partial charge in [-0.3, -0.25) is 0 Å². The van der Waals surface area contributed by atoms with Crippen LogP contribution < -0.4 is 0 Å². The van der Waals surface area contributed by atoms with Crippen LogP contribution in [0.25, 0.3) is 142 Å². The largest absolute Gasteiger partial charge is 0.417 e. The third-order valence-corrected chi connectivity index (χ3v) is 18.3. The van der Waals surface area contributed by atoms with E-state index in [0.29, 0.717) is 56.8 Å². The van der Waals surface area contributed by atoms with E-state index in [1.165, 1.54) is 12.1 Å². The first-order valence-corrected chi connectivity index (χ1v) is 31.0. The molecule has 98 heavy (non-hydrogen) atoms. The monoisotopic (exact) mass is 1300 g/mol. The Morgan fingerprint density at radius 2 is 0.612 bits per heavy atom. The van der Waals surface area contributed by atoms with Crippen molar-refractivity contribution in [1.29, 1.82) is 5.26 Å². The van der Waals surface area contributed by atoms with Crippen molar-refractivity contribution in [3.63, 3.8) is 0 Å². The molecule has 0 amide bonds. The van der Waals surface area contributed by atoms with E-state index in [9.17, 15) is 31.6 Å². The van der Waals surface area contributed by atoms with Crippen molar-refractivity contribution in [3.8, 4) is 51.1 Å². The van der Waals surface area contributed by atoms with Gasteiger partial charge in [0, 0.05) is 59.8 Å². The fourth-order valence-corrected chi connectivity index (χ4v) is 14.0. The lowest BCUT2D eigenvalue weighted by atomic mass is 9.95. The van der Waals surface area contributed by atoms with Crippen LogP contribution in [-0.4, -0.2) is 18.3 Å². The van der Waals surface area contributed by atoms with E-state index in [2.05, 4.69) is 67.4 Å². The van der Waals surface area contributed by atoms with E-state index in [-0.39, 0.29) is 28.1 Å². The Morgan fingerprint density at radius 3 is 0.929 bits per heavy atom. The average Bonchev–Trinajstić information content (AvgIpc) is 1.54. The SMILES string of the molecule is [C-]#[N+]c1cc(-c2cc(-n3c4ccccc4c4cc(C)ccc43)c(-n3c4ccccc4c4cc(C)ccc43)cc2C#N)cc(C(F)(F)F)c1.[C-]#[N+]c1cc(-c2cc(-n3c4ccccc4c4cc(C)ccc43)c(-n3c4ccccc4c4cc(C)ccc43)cc2C(F)(F)F)cc(C(F)(F)F)c1. The predicted octanol–water partition coefficient (Wildman–Crippen LogP) is 24.4. The first-order chi connectivity index (χ1) is 47.0. The van der Waals surface area contributed by atoms with E-state index < -0.39 is 46.5 Å². The molecule has 0 saturated carbocycles. The number of aromatic nitrogens is 4. The number of aryl methyl sites for hydroxylation is 4. The molecule has 0 atom stereocenters. The predicted molar refractivity (Wildman–Crippen MR) is 372 cm³/mol. The second-order valence-electron chi connectivity index (χ2n) is 24.6. The Kier molecular flexibility index (Phi) is 14.5. The maximum absolute atomic E-state index is 15.3. The van der Waals surface area contributed by atoms with Crippen LogP contribution in [0.1, 0.15) is 44.5 Å². The van der Waals surface area contributed by atoms with Crippen LogP contribution in [0.3, 0.4) is 0 Å². The van der Waals surface area contributed by atoms with E-state index >= 15 is 13.2 Å². The molecule has 0 unspecified atom stereocenters. The summed E-state index contributed by atoms with van der Waals surface area (Å²) in [6.07, 6.45) is -14.5. The lowest BCUT2D eigenvalue weighted by molar-refractivity contribution is -0.138. The fraction of sp³-hybridized carbons (Fsp3) is 0.0854. The van der Waals surface area contributed by atoms with Crippen LogP contribution in [0.15, 0.2) is 231 Å². The molecule has 12 aromatic carbocycles. The number of hydrogen-bond acceptors (Lipinski definition) is 1. The summed E-state index contributed by atoms with van der Waals surface area (Å²) >= 11 is 0. The van der Waals surface area contributed by atoms with Gasteiger partial charge in [0.1, 0.15) is 0 Å². The van der Waals surface area contributed by atoms with Crippen molar-refractivity contribution < 1.29 is 39.5 Å². The summed E-state index contributed by atoms with van der Waals surface area (Å²) in [4.78, 5) is 6.52. The quantitative estimate of drug-likeness (QED) is 0.121. The highest BCUT2D eigenvalue weighted by Crippen LogP contribution is 2.49. The number of hydrogen-bond donors (Lipinski definition) is 0. The number of rotatable bonds is 6. The van der Waals surface area contributed by atoms with E-state index in [0.717, 1.165) is 112 Å². The highest BCUT2D eigenvalue weighted by atomic mass is 19.4. The van der Waals surface area contributed by atoms with Gasteiger partial charge in [-0.25, -0.2) is 9.69 Å².